The molecule has 3 aromatic rings. The molecule has 0 spiro atoms. The summed E-state index contributed by atoms with van der Waals surface area (Å²) in [7, 11) is -3.71. The Bertz CT molecular complexity index is 1350. The Morgan fingerprint density at radius 2 is 1.27 bits per heavy atom. The van der Waals surface area contributed by atoms with Gasteiger partial charge in [-0.25, -0.2) is 4.79 Å². The highest BCUT2D eigenvalue weighted by molar-refractivity contribution is 7.80. The Labute approximate surface area is 240 Å². The van der Waals surface area contributed by atoms with Crippen LogP contribution in [0.2, 0.25) is 0 Å². The molecule has 9 nitrogen and oxygen atoms in total. The van der Waals surface area contributed by atoms with Crippen molar-refractivity contribution >= 4 is 41.4 Å². The average molecular weight is 578 g/mol. The number of rotatable bonds is 11. The molecule has 0 aliphatic rings. The summed E-state index contributed by atoms with van der Waals surface area (Å²) in [5.74, 6) is -3.20. The van der Waals surface area contributed by atoms with Crippen molar-refractivity contribution in [2.45, 2.75) is 51.5 Å². The Morgan fingerprint density at radius 1 is 0.780 bits per heavy atom. The third-order valence-electron chi connectivity index (χ3n) is 6.03. The van der Waals surface area contributed by atoms with E-state index in [9.17, 15) is 23.7 Å². The van der Waals surface area contributed by atoms with Crippen LogP contribution in [0.25, 0.3) is 0 Å². The van der Waals surface area contributed by atoms with E-state index < -0.39 is 54.8 Å². The number of carbonyl (C=O) groups is 4. The van der Waals surface area contributed by atoms with E-state index in [4.69, 9.17) is 4.74 Å². The van der Waals surface area contributed by atoms with Crippen molar-refractivity contribution in [2.24, 2.45) is 0 Å². The van der Waals surface area contributed by atoms with Crippen LogP contribution < -0.4 is 26.6 Å². The first-order valence-corrected chi connectivity index (χ1v) is 15.0. The zero-order chi connectivity index (χ0) is 30.0. The van der Waals surface area contributed by atoms with Crippen LogP contribution in [0.4, 0.5) is 4.79 Å². The van der Waals surface area contributed by atoms with Gasteiger partial charge in [0.15, 0.2) is 12.9 Å². The molecular formula is C31H36N3O6P. The second-order valence-electron chi connectivity index (χ2n) is 10.5. The van der Waals surface area contributed by atoms with Gasteiger partial charge in [0.25, 0.3) is 0 Å². The summed E-state index contributed by atoms with van der Waals surface area (Å²) >= 11 is 0. The molecule has 0 fully saturated rings. The minimum atomic E-state index is -3.71. The third kappa shape index (κ3) is 8.88. The third-order valence-corrected chi connectivity index (χ3v) is 9.38. The molecule has 1 unspecified atom stereocenters. The van der Waals surface area contributed by atoms with Crippen LogP contribution in [0.1, 0.15) is 33.3 Å². The second kappa shape index (κ2) is 13.9. The van der Waals surface area contributed by atoms with E-state index in [1.807, 2.05) is 6.07 Å². The smallest absolute Gasteiger partial charge is 0.408 e. The molecule has 3 rings (SSSR count). The maximum absolute atomic E-state index is 14.8. The van der Waals surface area contributed by atoms with Crippen LogP contribution in [0.3, 0.4) is 0 Å². The lowest BCUT2D eigenvalue weighted by Crippen LogP contribution is -2.54. The van der Waals surface area contributed by atoms with Gasteiger partial charge in [0.05, 0.1) is 0 Å². The first kappa shape index (κ1) is 31.3. The number of amides is 3. The van der Waals surface area contributed by atoms with Crippen LogP contribution in [-0.4, -0.2) is 47.7 Å². The SMILES string of the molecule is CC(=O)C(NC(=O)[C@H](Cc1ccccc1)NC(=O)CNC(=O)OC(C)(C)C)P(=O)(c1ccccc1)c1ccccc1. The fourth-order valence-electron chi connectivity index (χ4n) is 4.20. The summed E-state index contributed by atoms with van der Waals surface area (Å²) in [6.45, 7) is 5.93. The highest BCUT2D eigenvalue weighted by Gasteiger charge is 2.41. The quantitative estimate of drug-likeness (QED) is 0.300. The Kier molecular flexibility index (Phi) is 10.6. The molecule has 0 bridgehead atoms. The summed E-state index contributed by atoms with van der Waals surface area (Å²) in [5.41, 5.74) is 0.00501. The Hall–Kier alpha value is -4.23. The molecule has 0 heterocycles. The van der Waals surface area contributed by atoms with Gasteiger partial charge in [-0.1, -0.05) is 91.0 Å². The van der Waals surface area contributed by atoms with E-state index in [1.54, 1.807) is 106 Å². The molecule has 216 valence electrons. The van der Waals surface area contributed by atoms with Crippen molar-refractivity contribution in [1.29, 1.82) is 0 Å². The summed E-state index contributed by atoms with van der Waals surface area (Å²) in [4.78, 5) is 51.6. The number of ether oxygens (including phenoxy) is 1. The van der Waals surface area contributed by atoms with Gasteiger partial charge in [0.2, 0.25) is 11.8 Å². The highest BCUT2D eigenvalue weighted by Crippen LogP contribution is 2.47. The van der Waals surface area contributed by atoms with Crippen LogP contribution in [0.15, 0.2) is 91.0 Å². The molecule has 0 aliphatic carbocycles. The standard InChI is InChI=1S/C31H36N3O6P/c1-22(35)29(41(39,24-16-10-6-11-17-24)25-18-12-7-13-19-25)34-28(37)26(20-23-14-8-5-9-15-23)33-27(36)21-32-30(38)40-31(2,3)4/h5-19,26,29H,20-21H2,1-4H3,(H,32,38)(H,33,36)(H,34,37)/t26-,29?/m0/s1. The van der Waals surface area contributed by atoms with Gasteiger partial charge in [0, 0.05) is 17.0 Å². The average Bonchev–Trinajstić information content (AvgIpc) is 2.94. The van der Waals surface area contributed by atoms with E-state index in [-0.39, 0.29) is 6.42 Å². The first-order chi connectivity index (χ1) is 19.4. The van der Waals surface area contributed by atoms with Gasteiger partial charge in [-0.05, 0) is 33.3 Å². The van der Waals surface area contributed by atoms with Crippen LogP contribution in [0.5, 0.6) is 0 Å². The van der Waals surface area contributed by atoms with Gasteiger partial charge in [-0.15, -0.1) is 0 Å². The van der Waals surface area contributed by atoms with Crippen LogP contribution >= 0.6 is 7.14 Å². The summed E-state index contributed by atoms with van der Waals surface area (Å²) in [6, 6.07) is 25.0. The van der Waals surface area contributed by atoms with Gasteiger partial charge < -0.3 is 25.3 Å². The molecule has 2 atom stereocenters. The number of ketones is 1. The number of Topliss-reactive ketones (excluding diaryl/α,β-unsaturated/α-hetero) is 1. The molecule has 0 aliphatic heterocycles. The predicted octanol–water partition coefficient (Wildman–Crippen LogP) is 3.28. The van der Waals surface area contributed by atoms with Crippen molar-refractivity contribution in [3.8, 4) is 0 Å². The molecular weight excluding hydrogens is 541 g/mol. The van der Waals surface area contributed by atoms with Gasteiger partial charge >= 0.3 is 6.09 Å². The largest absolute Gasteiger partial charge is 0.444 e. The summed E-state index contributed by atoms with van der Waals surface area (Å²) in [6.07, 6.45) is -0.684. The van der Waals surface area contributed by atoms with E-state index in [2.05, 4.69) is 16.0 Å². The van der Waals surface area contributed by atoms with Crippen molar-refractivity contribution in [2.75, 3.05) is 6.54 Å². The fraction of sp³-hybridized carbons (Fsp3) is 0.290. The molecule has 3 aromatic carbocycles. The van der Waals surface area contributed by atoms with Gasteiger partial charge in [-0.3, -0.25) is 14.4 Å². The van der Waals surface area contributed by atoms with Crippen molar-refractivity contribution in [1.82, 2.24) is 16.0 Å². The number of hydrogen-bond donors (Lipinski definition) is 3. The van der Waals surface area contributed by atoms with E-state index in [1.165, 1.54) is 6.92 Å². The van der Waals surface area contributed by atoms with Gasteiger partial charge in [-0.2, -0.15) is 0 Å². The highest BCUT2D eigenvalue weighted by atomic mass is 31.2. The molecule has 3 amide bonds. The minimum Gasteiger partial charge on any atom is -0.444 e. The molecule has 0 saturated heterocycles. The zero-order valence-electron chi connectivity index (χ0n) is 23.6. The van der Waals surface area contributed by atoms with E-state index in [0.717, 1.165) is 5.56 Å². The van der Waals surface area contributed by atoms with Crippen LogP contribution in [0, 0.1) is 0 Å². The van der Waals surface area contributed by atoms with E-state index >= 15 is 0 Å². The maximum Gasteiger partial charge on any atom is 0.408 e. The predicted molar refractivity (Wildman–Crippen MR) is 159 cm³/mol. The second-order valence-corrected chi connectivity index (χ2v) is 13.4. The molecule has 0 saturated carbocycles. The molecule has 3 N–H and O–H groups in total. The Morgan fingerprint density at radius 3 is 1.73 bits per heavy atom. The fourth-order valence-corrected chi connectivity index (χ4v) is 7.15. The first-order valence-electron chi connectivity index (χ1n) is 13.2. The van der Waals surface area contributed by atoms with Gasteiger partial charge in [0.1, 0.15) is 24.0 Å². The summed E-state index contributed by atoms with van der Waals surface area (Å²) in [5, 5.41) is 8.53. The monoisotopic (exact) mass is 577 g/mol. The van der Waals surface area contributed by atoms with Crippen molar-refractivity contribution in [3.05, 3.63) is 96.6 Å². The number of nitrogens with one attached hydrogen (secondary N) is 3. The van der Waals surface area contributed by atoms with Crippen molar-refractivity contribution in [3.63, 3.8) is 0 Å². The molecule has 0 radical (unpaired) electrons. The lowest BCUT2D eigenvalue weighted by atomic mass is 10.1. The Balaban J connectivity index is 1.89. The number of alkyl carbamates (subject to hydrolysis) is 1. The number of carbonyl (C=O) groups excluding carboxylic acids is 4. The number of hydrogen-bond acceptors (Lipinski definition) is 6. The number of benzene rings is 3. The normalized spacial score (nSPS) is 12.9. The molecule has 0 aromatic heterocycles. The minimum absolute atomic E-state index is 0.0937. The molecule has 41 heavy (non-hydrogen) atoms. The maximum atomic E-state index is 14.8. The lowest BCUT2D eigenvalue weighted by Gasteiger charge is -2.29. The topological polar surface area (TPSA) is 131 Å². The van der Waals surface area contributed by atoms with Crippen LogP contribution in [-0.2, 0) is 30.1 Å². The van der Waals surface area contributed by atoms with E-state index in [0.29, 0.717) is 10.6 Å². The summed E-state index contributed by atoms with van der Waals surface area (Å²) < 4.78 is 20.0. The van der Waals surface area contributed by atoms with Crippen molar-refractivity contribution < 1.29 is 28.5 Å². The molecule has 10 heteroatoms. The zero-order valence-corrected chi connectivity index (χ0v) is 24.5. The lowest BCUT2D eigenvalue weighted by molar-refractivity contribution is -0.130.